The molecule has 0 bridgehead atoms. The number of phenolic OH excluding ortho intramolecular Hbond substituents is 1. The first-order valence-corrected chi connectivity index (χ1v) is 10.2. The molecule has 6 N–H and O–H groups in total. The number of benzene rings is 1. The number of aromatic hydroxyl groups is 1. The van der Waals surface area contributed by atoms with Crippen molar-refractivity contribution in [2.24, 2.45) is 17.6 Å². The molecule has 12 heteroatoms. The molecule has 9 nitrogen and oxygen atoms in total. The summed E-state index contributed by atoms with van der Waals surface area (Å²) in [6, 6.07) is 0.129. The molecule has 0 radical (unpaired) electrons. The molecular weight excluding hydrogens is 461 g/mol. The van der Waals surface area contributed by atoms with Gasteiger partial charge in [-0.3, -0.25) is 19.3 Å². The zero-order chi connectivity index (χ0) is 25.5. The first kappa shape index (κ1) is 23.8. The zero-order valence-electron chi connectivity index (χ0n) is 18.0. The van der Waals surface area contributed by atoms with E-state index >= 15 is 0 Å². The number of halogens is 3. The minimum absolute atomic E-state index is 0.293. The topological polar surface area (TPSA) is 161 Å². The number of carbonyl (C=O) groups excluding carboxylic acids is 3. The van der Waals surface area contributed by atoms with Crippen molar-refractivity contribution in [2.75, 3.05) is 14.1 Å². The van der Waals surface area contributed by atoms with Crippen molar-refractivity contribution in [2.45, 2.75) is 30.7 Å². The second-order valence-corrected chi connectivity index (χ2v) is 8.95. The maximum absolute atomic E-state index is 13.6. The Morgan fingerprint density at radius 1 is 1.18 bits per heavy atom. The fraction of sp³-hybridized carbons (Fsp3) is 0.409. The number of nitrogens with zero attached hydrogens (tertiary/aromatic N) is 1. The third kappa shape index (κ3) is 2.98. The molecule has 0 saturated carbocycles. The van der Waals surface area contributed by atoms with Crippen molar-refractivity contribution in [3.8, 4) is 5.75 Å². The van der Waals surface area contributed by atoms with Gasteiger partial charge in [-0.25, -0.2) is 0 Å². The monoisotopic (exact) mass is 482 g/mol. The van der Waals surface area contributed by atoms with Crippen LogP contribution in [0.15, 0.2) is 34.8 Å². The highest BCUT2D eigenvalue weighted by molar-refractivity contribution is 6.24. The summed E-state index contributed by atoms with van der Waals surface area (Å²) in [4.78, 5) is 39.6. The van der Waals surface area contributed by atoms with Crippen LogP contribution in [0.25, 0.3) is 0 Å². The molecule has 182 valence electrons. The van der Waals surface area contributed by atoms with Gasteiger partial charge in [0.05, 0.1) is 17.2 Å². The van der Waals surface area contributed by atoms with Gasteiger partial charge in [-0.1, -0.05) is 0 Å². The Morgan fingerprint density at radius 2 is 1.79 bits per heavy atom. The van der Waals surface area contributed by atoms with Crippen LogP contribution in [0.5, 0.6) is 5.75 Å². The van der Waals surface area contributed by atoms with Crippen LogP contribution in [0.1, 0.15) is 27.9 Å². The number of phenols is 1. The van der Waals surface area contributed by atoms with Gasteiger partial charge in [-0.05, 0) is 50.6 Å². The Bertz CT molecular complexity index is 1220. The average Bonchev–Trinajstić information content (AvgIpc) is 2.69. The highest BCUT2D eigenvalue weighted by Gasteiger charge is 2.63. The van der Waals surface area contributed by atoms with Crippen LogP contribution < -0.4 is 5.73 Å². The fourth-order valence-corrected chi connectivity index (χ4v) is 5.52. The predicted octanol–water partition coefficient (Wildman–Crippen LogP) is 1.14. The lowest BCUT2D eigenvalue weighted by Gasteiger charge is -2.50. The van der Waals surface area contributed by atoms with Gasteiger partial charge in [-0.2, -0.15) is 13.2 Å². The number of amides is 1. The second-order valence-electron chi connectivity index (χ2n) is 8.95. The largest absolute Gasteiger partial charge is 0.510 e. The number of hydrogen-bond acceptors (Lipinski definition) is 8. The number of aliphatic hydroxyl groups excluding tert-OH is 2. The summed E-state index contributed by atoms with van der Waals surface area (Å²) >= 11 is 0. The number of hydrogen-bond donors (Lipinski definition) is 5. The molecule has 0 saturated heterocycles. The number of aliphatic hydroxyl groups is 3. The van der Waals surface area contributed by atoms with Crippen molar-refractivity contribution >= 4 is 17.5 Å². The van der Waals surface area contributed by atoms with Gasteiger partial charge in [-0.15, -0.1) is 0 Å². The van der Waals surface area contributed by atoms with Crippen LogP contribution >= 0.6 is 0 Å². The number of ketones is 2. The Hall–Kier alpha value is -3.38. The van der Waals surface area contributed by atoms with Gasteiger partial charge in [0.25, 0.3) is 5.91 Å². The molecule has 0 aliphatic heterocycles. The Kier molecular flexibility index (Phi) is 5.11. The maximum Gasteiger partial charge on any atom is 0.416 e. The maximum atomic E-state index is 13.6. The molecule has 0 spiro atoms. The highest BCUT2D eigenvalue weighted by atomic mass is 19.4. The van der Waals surface area contributed by atoms with E-state index in [1.54, 1.807) is 0 Å². The molecule has 34 heavy (non-hydrogen) atoms. The smallest absolute Gasteiger partial charge is 0.416 e. The number of fused-ring (bicyclic) bond motifs is 3. The van der Waals surface area contributed by atoms with E-state index in [-0.39, 0.29) is 6.42 Å². The number of likely N-dealkylation sites (N-methyl/N-ethyl adjacent to an activating group) is 1. The van der Waals surface area contributed by atoms with E-state index in [1.807, 2.05) is 0 Å². The van der Waals surface area contributed by atoms with E-state index in [4.69, 9.17) is 5.73 Å². The summed E-state index contributed by atoms with van der Waals surface area (Å²) in [6.07, 6.45) is -5.56. The standard InChI is InChI=1S/C22H21F3N2O7/c1-27(2)15-10-6-7-5-8-9(22(23,24)25)3-4-11(28)13(8)16(29)12(7)18(31)21(10,34)19(32)14(17(15)30)20(26)33/h3-4,7,10,15,28,30-31,34H,5-6H2,1-2H3,(H2,26,33)/t7-,10?,15-,21-/m0/s1. The minimum atomic E-state index is -4.83. The lowest BCUT2D eigenvalue weighted by atomic mass is 9.58. The van der Waals surface area contributed by atoms with Crippen molar-refractivity contribution in [3.05, 3.63) is 51.5 Å². The molecule has 1 amide bonds. The first-order valence-electron chi connectivity index (χ1n) is 10.2. The average molecular weight is 482 g/mol. The van der Waals surface area contributed by atoms with Crippen LogP contribution in [-0.4, -0.2) is 68.5 Å². The van der Waals surface area contributed by atoms with Crippen molar-refractivity contribution < 1.29 is 48.0 Å². The lowest BCUT2D eigenvalue weighted by molar-refractivity contribution is -0.148. The highest BCUT2D eigenvalue weighted by Crippen LogP contribution is 2.53. The molecule has 4 rings (SSSR count). The molecule has 0 heterocycles. The summed E-state index contributed by atoms with van der Waals surface area (Å²) in [7, 11) is 2.90. The number of alkyl halides is 3. The summed E-state index contributed by atoms with van der Waals surface area (Å²) in [5.74, 6) is -9.00. The van der Waals surface area contributed by atoms with Crippen LogP contribution in [0.3, 0.4) is 0 Å². The lowest BCUT2D eigenvalue weighted by Crippen LogP contribution is -2.63. The first-order chi connectivity index (χ1) is 15.6. The third-order valence-corrected chi connectivity index (χ3v) is 6.91. The van der Waals surface area contributed by atoms with E-state index in [2.05, 4.69) is 0 Å². The van der Waals surface area contributed by atoms with Crippen molar-refractivity contribution in [1.82, 2.24) is 4.90 Å². The quantitative estimate of drug-likeness (QED) is 0.392. The van der Waals surface area contributed by atoms with Crippen LogP contribution in [-0.2, 0) is 22.2 Å². The molecule has 3 aliphatic carbocycles. The van der Waals surface area contributed by atoms with Crippen molar-refractivity contribution in [1.29, 1.82) is 0 Å². The van der Waals surface area contributed by atoms with E-state index in [9.17, 15) is 48.0 Å². The molecular formula is C22H21F3N2O7. The van der Waals surface area contributed by atoms with Crippen molar-refractivity contribution in [3.63, 3.8) is 0 Å². The zero-order valence-corrected chi connectivity index (χ0v) is 18.0. The van der Waals surface area contributed by atoms with Gasteiger partial charge in [0, 0.05) is 11.5 Å². The molecule has 0 fully saturated rings. The third-order valence-electron chi connectivity index (χ3n) is 6.91. The van der Waals surface area contributed by atoms with Gasteiger partial charge in [0.15, 0.2) is 11.4 Å². The summed E-state index contributed by atoms with van der Waals surface area (Å²) in [5, 5.41) is 43.3. The number of rotatable bonds is 2. The number of allylic oxidation sites excluding steroid dienone is 1. The van der Waals surface area contributed by atoms with E-state index < -0.39 is 98.7 Å². The SMILES string of the molecule is CN(C)[C@@H]1C(O)=C(C(N)=O)C(=O)[C@@]2(O)C(O)=C3C(=O)c4c(O)ccc(C(F)(F)F)c4C[C@H]3CC12. The molecule has 0 aromatic heterocycles. The Balaban J connectivity index is 1.98. The minimum Gasteiger partial charge on any atom is -0.510 e. The fourth-order valence-electron chi connectivity index (χ4n) is 5.52. The van der Waals surface area contributed by atoms with Gasteiger partial charge >= 0.3 is 6.18 Å². The number of Topliss-reactive ketones (excluding diaryl/α,β-unsaturated/α-hetero) is 2. The van der Waals surface area contributed by atoms with Gasteiger partial charge < -0.3 is 26.2 Å². The normalized spacial score (nSPS) is 29.2. The molecule has 3 aliphatic rings. The van der Waals surface area contributed by atoms with E-state index in [0.717, 1.165) is 0 Å². The molecule has 1 aromatic carbocycles. The molecule has 1 unspecified atom stereocenters. The Labute approximate surface area is 190 Å². The van der Waals surface area contributed by atoms with Crippen LogP contribution in [0.2, 0.25) is 0 Å². The number of nitrogens with two attached hydrogens (primary N) is 1. The molecule has 1 aromatic rings. The van der Waals surface area contributed by atoms with Gasteiger partial charge in [0.1, 0.15) is 22.8 Å². The van der Waals surface area contributed by atoms with Crippen LogP contribution in [0.4, 0.5) is 13.2 Å². The van der Waals surface area contributed by atoms with Crippen LogP contribution in [0, 0.1) is 11.8 Å². The van der Waals surface area contributed by atoms with E-state index in [1.165, 1.54) is 19.0 Å². The summed E-state index contributed by atoms with van der Waals surface area (Å²) < 4.78 is 40.9. The van der Waals surface area contributed by atoms with Gasteiger partial charge in [0.2, 0.25) is 5.78 Å². The number of primary amides is 1. The summed E-state index contributed by atoms with van der Waals surface area (Å²) in [5.41, 5.74) is -1.38. The second kappa shape index (κ2) is 7.31. The number of carbonyl (C=O) groups is 3. The Morgan fingerprint density at radius 3 is 2.32 bits per heavy atom. The summed E-state index contributed by atoms with van der Waals surface area (Å²) in [6.45, 7) is 0. The molecule has 4 atom stereocenters. The predicted molar refractivity (Wildman–Crippen MR) is 109 cm³/mol. The van der Waals surface area contributed by atoms with E-state index in [0.29, 0.717) is 12.1 Å².